The number of benzene rings is 3. The maximum atomic E-state index is 13.3. The summed E-state index contributed by atoms with van der Waals surface area (Å²) in [6.45, 7) is 4.79. The van der Waals surface area contributed by atoms with Crippen LogP contribution in [-0.2, 0) is 16.6 Å². The minimum absolute atomic E-state index is 0.102. The molecule has 32 heavy (non-hydrogen) atoms. The lowest BCUT2D eigenvalue weighted by molar-refractivity contribution is -0.123. The van der Waals surface area contributed by atoms with Gasteiger partial charge in [-0.25, -0.2) is 0 Å². The predicted octanol–water partition coefficient (Wildman–Crippen LogP) is 4.48. The Labute approximate surface area is 190 Å². The van der Waals surface area contributed by atoms with E-state index in [1.165, 1.54) is 11.1 Å². The molecule has 3 aromatic carbocycles. The zero-order valence-corrected chi connectivity index (χ0v) is 18.5. The van der Waals surface area contributed by atoms with Crippen LogP contribution in [0.4, 0.5) is 0 Å². The molecule has 0 aromatic heterocycles. The third-order valence-corrected chi connectivity index (χ3v) is 7.42. The van der Waals surface area contributed by atoms with Gasteiger partial charge in [-0.15, -0.1) is 0 Å². The molecule has 2 atom stereocenters. The highest BCUT2D eigenvalue weighted by atomic mass is 16.5. The lowest BCUT2D eigenvalue weighted by Gasteiger charge is -2.38. The Balaban J connectivity index is 1.49. The second kappa shape index (κ2) is 8.44. The van der Waals surface area contributed by atoms with Crippen LogP contribution in [0.5, 0.6) is 5.75 Å². The summed E-state index contributed by atoms with van der Waals surface area (Å²) in [6.07, 6.45) is 1.90. The Morgan fingerprint density at radius 1 is 1.03 bits per heavy atom. The van der Waals surface area contributed by atoms with E-state index in [0.29, 0.717) is 0 Å². The van der Waals surface area contributed by atoms with E-state index >= 15 is 0 Å². The van der Waals surface area contributed by atoms with Crippen LogP contribution in [0.2, 0.25) is 0 Å². The Hall–Kier alpha value is -3.11. The van der Waals surface area contributed by atoms with E-state index in [0.717, 1.165) is 49.4 Å². The van der Waals surface area contributed by atoms with Gasteiger partial charge >= 0.3 is 0 Å². The highest BCUT2D eigenvalue weighted by Crippen LogP contribution is 2.45. The fourth-order valence-corrected chi connectivity index (χ4v) is 5.70. The van der Waals surface area contributed by atoms with E-state index in [9.17, 15) is 4.79 Å². The normalized spacial score (nSPS) is 19.3. The number of fused-ring (bicyclic) bond motifs is 1. The zero-order valence-electron chi connectivity index (χ0n) is 18.5. The van der Waals surface area contributed by atoms with Crippen molar-refractivity contribution >= 4 is 5.91 Å². The molecule has 0 bridgehead atoms. The number of ether oxygens (including phenoxy) is 1. The predicted molar refractivity (Wildman–Crippen MR) is 127 cm³/mol. The number of nitrogens with zero attached hydrogens (tertiary/aromatic N) is 1. The van der Waals surface area contributed by atoms with E-state index in [-0.39, 0.29) is 17.9 Å². The molecule has 2 N–H and O–H groups in total. The maximum Gasteiger partial charge on any atom is 0.232 e. The van der Waals surface area contributed by atoms with Gasteiger partial charge < -0.3 is 10.5 Å². The molecular weight excluding hydrogens is 396 g/mol. The monoisotopic (exact) mass is 426 g/mol. The van der Waals surface area contributed by atoms with Crippen molar-refractivity contribution in [3.05, 3.63) is 101 Å². The zero-order chi connectivity index (χ0) is 22.1. The van der Waals surface area contributed by atoms with Gasteiger partial charge in [0.1, 0.15) is 11.2 Å². The average molecular weight is 427 g/mol. The summed E-state index contributed by atoms with van der Waals surface area (Å²) < 4.78 is 5.68. The summed E-state index contributed by atoms with van der Waals surface area (Å²) in [4.78, 5) is 15.8. The van der Waals surface area contributed by atoms with Crippen molar-refractivity contribution in [3.8, 4) is 5.75 Å². The van der Waals surface area contributed by atoms with E-state index in [1.807, 2.05) is 60.7 Å². The van der Waals surface area contributed by atoms with Crippen molar-refractivity contribution in [3.63, 3.8) is 0 Å². The van der Waals surface area contributed by atoms with Gasteiger partial charge in [-0.3, -0.25) is 9.69 Å². The lowest BCUT2D eigenvalue weighted by atomic mass is 9.64. The first-order valence-electron chi connectivity index (χ1n) is 11.5. The summed E-state index contributed by atoms with van der Waals surface area (Å²) in [5.74, 6) is 0.843. The molecule has 2 unspecified atom stereocenters. The van der Waals surface area contributed by atoms with Crippen LogP contribution >= 0.6 is 0 Å². The number of likely N-dealkylation sites (tertiary alicyclic amines) is 1. The topological polar surface area (TPSA) is 55.6 Å². The summed E-state index contributed by atoms with van der Waals surface area (Å²) in [5, 5.41) is 0. The number of rotatable bonds is 6. The molecule has 2 aliphatic rings. The summed E-state index contributed by atoms with van der Waals surface area (Å²) in [6, 6.07) is 27.0. The summed E-state index contributed by atoms with van der Waals surface area (Å²) in [5.41, 5.74) is 9.95. The Morgan fingerprint density at radius 2 is 1.69 bits per heavy atom. The standard InChI is InChI=1S/C28H30N2O2/c1-20(21-12-13-26-22(18-21)15-17-32-26)30-16-14-25(19-30)28(27(29)31,23-8-4-2-5-9-23)24-10-6-3-7-11-24/h2-13,18,20,25H,14-17,19H2,1H3,(H2,29,31). The number of hydrogen-bond acceptors (Lipinski definition) is 3. The number of nitrogens with two attached hydrogens (primary N) is 1. The molecule has 4 nitrogen and oxygen atoms in total. The molecular formula is C28H30N2O2. The van der Waals surface area contributed by atoms with Crippen molar-refractivity contribution in [2.24, 2.45) is 11.7 Å². The highest BCUT2D eigenvalue weighted by Gasteiger charge is 2.50. The van der Waals surface area contributed by atoms with Gasteiger partial charge in [0, 0.05) is 19.0 Å². The molecule has 5 rings (SSSR count). The first-order valence-corrected chi connectivity index (χ1v) is 11.5. The molecule has 3 aromatic rings. The third-order valence-electron chi connectivity index (χ3n) is 7.42. The number of carbonyl (C=O) groups excluding carboxylic acids is 1. The van der Waals surface area contributed by atoms with Gasteiger partial charge in [-0.2, -0.15) is 0 Å². The van der Waals surface area contributed by atoms with Gasteiger partial charge in [0.2, 0.25) is 5.91 Å². The van der Waals surface area contributed by atoms with Gasteiger partial charge in [0.05, 0.1) is 6.61 Å². The van der Waals surface area contributed by atoms with Gasteiger partial charge in [0.25, 0.3) is 0 Å². The SMILES string of the molecule is CC(c1ccc2c(c1)CCO2)N1CCC(C(C(N)=O)(c2ccccc2)c2ccccc2)C1. The van der Waals surface area contributed by atoms with E-state index in [2.05, 4.69) is 30.0 Å². The van der Waals surface area contributed by atoms with Gasteiger partial charge in [-0.05, 0) is 54.1 Å². The summed E-state index contributed by atoms with van der Waals surface area (Å²) >= 11 is 0. The molecule has 1 saturated heterocycles. The lowest BCUT2D eigenvalue weighted by Crippen LogP contribution is -2.49. The Bertz CT molecular complexity index is 1060. The molecule has 0 radical (unpaired) electrons. The van der Waals surface area contributed by atoms with Crippen molar-refractivity contribution in [2.45, 2.75) is 31.2 Å². The molecule has 2 heterocycles. The van der Waals surface area contributed by atoms with Crippen LogP contribution in [0, 0.1) is 5.92 Å². The van der Waals surface area contributed by atoms with Gasteiger partial charge in [-0.1, -0.05) is 72.8 Å². The first-order chi connectivity index (χ1) is 15.6. The van der Waals surface area contributed by atoms with Crippen LogP contribution < -0.4 is 10.5 Å². The molecule has 1 fully saturated rings. The molecule has 0 saturated carbocycles. The molecule has 1 amide bonds. The minimum atomic E-state index is -0.844. The Morgan fingerprint density at radius 3 is 2.31 bits per heavy atom. The Kier molecular flexibility index (Phi) is 5.48. The molecule has 2 aliphatic heterocycles. The van der Waals surface area contributed by atoms with Crippen molar-refractivity contribution in [2.75, 3.05) is 19.7 Å². The third kappa shape index (κ3) is 3.39. The first kappa shape index (κ1) is 20.8. The van der Waals surface area contributed by atoms with Gasteiger partial charge in [0.15, 0.2) is 0 Å². The molecule has 0 spiro atoms. The van der Waals surface area contributed by atoms with E-state index in [1.54, 1.807) is 0 Å². The van der Waals surface area contributed by atoms with E-state index < -0.39 is 5.41 Å². The van der Waals surface area contributed by atoms with Crippen molar-refractivity contribution in [1.82, 2.24) is 4.90 Å². The number of amides is 1. The van der Waals surface area contributed by atoms with Crippen LogP contribution in [0.1, 0.15) is 41.6 Å². The number of hydrogen-bond donors (Lipinski definition) is 1. The number of primary amides is 1. The smallest absolute Gasteiger partial charge is 0.232 e. The quantitative estimate of drug-likeness (QED) is 0.632. The highest BCUT2D eigenvalue weighted by molar-refractivity contribution is 5.91. The van der Waals surface area contributed by atoms with E-state index in [4.69, 9.17) is 10.5 Å². The summed E-state index contributed by atoms with van der Waals surface area (Å²) in [7, 11) is 0. The molecule has 4 heteroatoms. The average Bonchev–Trinajstić information content (AvgIpc) is 3.50. The largest absolute Gasteiger partial charge is 0.493 e. The minimum Gasteiger partial charge on any atom is -0.493 e. The molecule has 164 valence electrons. The van der Waals surface area contributed by atoms with Crippen LogP contribution in [-0.4, -0.2) is 30.5 Å². The fraction of sp³-hybridized carbons (Fsp3) is 0.321. The van der Waals surface area contributed by atoms with Crippen LogP contribution in [0.3, 0.4) is 0 Å². The fourth-order valence-electron chi connectivity index (χ4n) is 5.70. The van der Waals surface area contributed by atoms with Crippen LogP contribution in [0.25, 0.3) is 0 Å². The maximum absolute atomic E-state index is 13.3. The second-order valence-corrected chi connectivity index (χ2v) is 9.03. The number of carbonyl (C=O) groups is 1. The second-order valence-electron chi connectivity index (χ2n) is 9.03. The molecule has 0 aliphatic carbocycles. The van der Waals surface area contributed by atoms with Crippen molar-refractivity contribution in [1.29, 1.82) is 0 Å². The van der Waals surface area contributed by atoms with Crippen molar-refractivity contribution < 1.29 is 9.53 Å². The van der Waals surface area contributed by atoms with Crippen LogP contribution in [0.15, 0.2) is 78.9 Å².